The third kappa shape index (κ3) is 5.32. The molecule has 1 aliphatic rings. The second kappa shape index (κ2) is 5.50. The topological polar surface area (TPSA) is 59.6 Å². The maximum absolute atomic E-state index is 11.4. The van der Waals surface area contributed by atoms with Crippen molar-refractivity contribution in [1.82, 2.24) is 10.6 Å². The molecule has 5 heteroatoms. The summed E-state index contributed by atoms with van der Waals surface area (Å²) >= 11 is 0. The number of carbonyl (C=O) groups excluding carboxylic acids is 1. The smallest absolute Gasteiger partial charge is 0.407 e. The molecule has 2 N–H and O–H groups in total. The first-order valence-electron chi connectivity index (χ1n) is 5.70. The summed E-state index contributed by atoms with van der Waals surface area (Å²) in [6.07, 6.45) is -0.176. The Morgan fingerprint density at radius 3 is 2.75 bits per heavy atom. The van der Waals surface area contributed by atoms with Gasteiger partial charge in [-0.1, -0.05) is 0 Å². The van der Waals surface area contributed by atoms with Crippen molar-refractivity contribution >= 4 is 6.09 Å². The molecule has 1 heterocycles. The lowest BCUT2D eigenvalue weighted by molar-refractivity contribution is -0.0273. The van der Waals surface area contributed by atoms with Gasteiger partial charge in [0.15, 0.2) is 0 Å². The quantitative estimate of drug-likeness (QED) is 0.739. The van der Waals surface area contributed by atoms with Crippen molar-refractivity contribution in [2.24, 2.45) is 0 Å². The van der Waals surface area contributed by atoms with Gasteiger partial charge in [0.05, 0.1) is 12.2 Å². The molecule has 1 aliphatic heterocycles. The summed E-state index contributed by atoms with van der Waals surface area (Å²) in [5.41, 5.74) is -0.455. The van der Waals surface area contributed by atoms with E-state index in [4.69, 9.17) is 9.47 Å². The van der Waals surface area contributed by atoms with Gasteiger partial charge in [-0.2, -0.15) is 0 Å². The monoisotopic (exact) mass is 230 g/mol. The maximum atomic E-state index is 11.4. The number of carbonyl (C=O) groups is 1. The number of amides is 1. The highest BCUT2D eigenvalue weighted by molar-refractivity contribution is 5.67. The molecule has 1 saturated heterocycles. The lowest BCUT2D eigenvalue weighted by atomic mass is 10.2. The van der Waals surface area contributed by atoms with Gasteiger partial charge < -0.3 is 20.1 Å². The summed E-state index contributed by atoms with van der Waals surface area (Å²) in [4.78, 5) is 11.4. The Morgan fingerprint density at radius 1 is 1.50 bits per heavy atom. The van der Waals surface area contributed by atoms with E-state index in [1.807, 2.05) is 27.7 Å². The highest BCUT2D eigenvalue weighted by Gasteiger charge is 2.21. The van der Waals surface area contributed by atoms with Crippen molar-refractivity contribution in [3.63, 3.8) is 0 Å². The number of hydrogen-bond donors (Lipinski definition) is 2. The van der Waals surface area contributed by atoms with E-state index < -0.39 is 11.7 Å². The van der Waals surface area contributed by atoms with Gasteiger partial charge in [-0.25, -0.2) is 4.79 Å². The molecule has 16 heavy (non-hydrogen) atoms. The molecule has 0 spiro atoms. The molecule has 0 aromatic rings. The van der Waals surface area contributed by atoms with E-state index in [0.717, 1.165) is 13.1 Å². The zero-order chi connectivity index (χ0) is 12.2. The molecule has 0 aromatic heterocycles. The van der Waals surface area contributed by atoms with E-state index in [1.54, 1.807) is 0 Å². The highest BCUT2D eigenvalue weighted by atomic mass is 16.6. The van der Waals surface area contributed by atoms with Gasteiger partial charge in [0.1, 0.15) is 5.60 Å². The molecule has 2 atom stereocenters. The van der Waals surface area contributed by atoms with Gasteiger partial charge in [0, 0.05) is 19.6 Å². The summed E-state index contributed by atoms with van der Waals surface area (Å²) < 4.78 is 10.8. The van der Waals surface area contributed by atoms with Gasteiger partial charge in [0.2, 0.25) is 0 Å². The van der Waals surface area contributed by atoms with E-state index in [0.29, 0.717) is 6.54 Å². The van der Waals surface area contributed by atoms with Crippen LogP contribution in [0.4, 0.5) is 4.79 Å². The minimum Gasteiger partial charge on any atom is -0.444 e. The largest absolute Gasteiger partial charge is 0.444 e. The molecule has 5 nitrogen and oxygen atoms in total. The van der Waals surface area contributed by atoms with E-state index in [2.05, 4.69) is 10.6 Å². The van der Waals surface area contributed by atoms with Crippen LogP contribution in [0.1, 0.15) is 27.7 Å². The van der Waals surface area contributed by atoms with Crippen molar-refractivity contribution in [2.75, 3.05) is 19.6 Å². The third-order valence-electron chi connectivity index (χ3n) is 2.10. The molecule has 1 rings (SSSR count). The predicted octanol–water partition coefficient (Wildman–Crippen LogP) is 0.888. The molecule has 1 amide bonds. The van der Waals surface area contributed by atoms with Crippen LogP contribution in [0.25, 0.3) is 0 Å². The van der Waals surface area contributed by atoms with Crippen LogP contribution in [0.3, 0.4) is 0 Å². The normalized spacial score (nSPS) is 26.2. The zero-order valence-corrected chi connectivity index (χ0v) is 10.5. The molecule has 1 fully saturated rings. The Labute approximate surface area is 96.9 Å². The molecule has 0 radical (unpaired) electrons. The number of morpholine rings is 1. The average Bonchev–Trinajstić information content (AvgIpc) is 2.12. The number of alkyl carbamates (subject to hydrolysis) is 1. The van der Waals surface area contributed by atoms with Gasteiger partial charge in [-0.15, -0.1) is 0 Å². The van der Waals surface area contributed by atoms with Crippen LogP contribution in [0.15, 0.2) is 0 Å². The number of hydrogen-bond acceptors (Lipinski definition) is 4. The highest BCUT2D eigenvalue weighted by Crippen LogP contribution is 2.07. The van der Waals surface area contributed by atoms with E-state index in [1.165, 1.54) is 0 Å². The van der Waals surface area contributed by atoms with Gasteiger partial charge in [-0.05, 0) is 27.7 Å². The van der Waals surface area contributed by atoms with E-state index in [-0.39, 0.29) is 12.2 Å². The Hall–Kier alpha value is -0.810. The van der Waals surface area contributed by atoms with Crippen LogP contribution in [0.2, 0.25) is 0 Å². The molecular formula is C11H22N2O3. The first-order chi connectivity index (χ1) is 7.37. The van der Waals surface area contributed by atoms with Crippen molar-refractivity contribution in [2.45, 2.75) is 45.5 Å². The van der Waals surface area contributed by atoms with Crippen LogP contribution in [-0.2, 0) is 9.47 Å². The van der Waals surface area contributed by atoms with Crippen molar-refractivity contribution in [3.8, 4) is 0 Å². The third-order valence-corrected chi connectivity index (χ3v) is 2.10. The Kier molecular flexibility index (Phi) is 4.56. The first-order valence-corrected chi connectivity index (χ1v) is 5.70. The lowest BCUT2D eigenvalue weighted by Gasteiger charge is -2.29. The minimum absolute atomic E-state index is 0.0243. The van der Waals surface area contributed by atoms with Crippen LogP contribution in [0.5, 0.6) is 0 Å². The fourth-order valence-corrected chi connectivity index (χ4v) is 1.50. The molecule has 0 aromatic carbocycles. The van der Waals surface area contributed by atoms with Gasteiger partial charge in [0.25, 0.3) is 0 Å². The summed E-state index contributed by atoms with van der Waals surface area (Å²) in [7, 11) is 0. The lowest BCUT2D eigenvalue weighted by Crippen LogP contribution is -2.49. The van der Waals surface area contributed by atoms with E-state index in [9.17, 15) is 4.79 Å². The molecule has 0 unspecified atom stereocenters. The Morgan fingerprint density at radius 2 is 2.19 bits per heavy atom. The fraction of sp³-hybridized carbons (Fsp3) is 0.909. The summed E-state index contributed by atoms with van der Waals surface area (Å²) in [6, 6.07) is 0. The summed E-state index contributed by atoms with van der Waals surface area (Å²) in [6.45, 7) is 9.63. The van der Waals surface area contributed by atoms with Crippen molar-refractivity contribution in [3.05, 3.63) is 0 Å². The van der Waals surface area contributed by atoms with Crippen LogP contribution < -0.4 is 10.6 Å². The average molecular weight is 230 g/mol. The molecule has 0 bridgehead atoms. The summed E-state index contributed by atoms with van der Waals surface area (Å²) in [5.74, 6) is 0. The maximum Gasteiger partial charge on any atom is 0.407 e. The molecular weight excluding hydrogens is 208 g/mol. The van der Waals surface area contributed by atoms with Crippen molar-refractivity contribution < 1.29 is 14.3 Å². The van der Waals surface area contributed by atoms with Gasteiger partial charge in [-0.3, -0.25) is 0 Å². The molecule has 94 valence electrons. The standard InChI is InChI=1S/C11H22N2O3/c1-8-5-12-6-9(15-8)7-13-10(14)16-11(2,3)4/h8-9,12H,5-7H2,1-4H3,(H,13,14)/t8-,9+/m1/s1. The Bertz CT molecular complexity index is 238. The number of nitrogens with one attached hydrogen (secondary N) is 2. The van der Waals surface area contributed by atoms with Crippen LogP contribution >= 0.6 is 0 Å². The number of ether oxygens (including phenoxy) is 2. The second-order valence-corrected chi connectivity index (χ2v) is 5.11. The first kappa shape index (κ1) is 13.3. The SMILES string of the molecule is C[C@@H]1CNC[C@@H](CNC(=O)OC(C)(C)C)O1. The van der Waals surface area contributed by atoms with Gasteiger partial charge >= 0.3 is 6.09 Å². The predicted molar refractivity (Wildman–Crippen MR) is 61.4 cm³/mol. The van der Waals surface area contributed by atoms with Crippen LogP contribution in [-0.4, -0.2) is 43.5 Å². The zero-order valence-electron chi connectivity index (χ0n) is 10.5. The van der Waals surface area contributed by atoms with E-state index >= 15 is 0 Å². The minimum atomic E-state index is -0.455. The second-order valence-electron chi connectivity index (χ2n) is 5.11. The fourth-order valence-electron chi connectivity index (χ4n) is 1.50. The number of rotatable bonds is 2. The molecule has 0 aliphatic carbocycles. The summed E-state index contributed by atoms with van der Waals surface area (Å²) in [5, 5.41) is 5.94. The Balaban J connectivity index is 2.21. The molecule has 0 saturated carbocycles. The van der Waals surface area contributed by atoms with Crippen molar-refractivity contribution in [1.29, 1.82) is 0 Å². The van der Waals surface area contributed by atoms with Crippen LogP contribution in [0, 0.1) is 0 Å².